The van der Waals surface area contributed by atoms with Gasteiger partial charge in [0.25, 0.3) is 0 Å². The third-order valence-corrected chi connectivity index (χ3v) is 2.91. The Morgan fingerprint density at radius 2 is 2.21 bits per heavy atom. The number of aryl methyl sites for hydroxylation is 1. The first-order chi connectivity index (χ1) is 6.79. The summed E-state index contributed by atoms with van der Waals surface area (Å²) >= 11 is 9.59. The van der Waals surface area contributed by atoms with Gasteiger partial charge in [0.05, 0.1) is 11.6 Å². The fourth-order valence-electron chi connectivity index (χ4n) is 1.27. The highest BCUT2D eigenvalue weighted by Crippen LogP contribution is 2.28. The largest absolute Gasteiger partial charge is 0.492 e. The molecule has 0 aliphatic rings. The normalized spacial score (nSPS) is 10.2. The molecule has 0 amide bonds. The molecule has 1 aromatic carbocycles. The lowest BCUT2D eigenvalue weighted by molar-refractivity contribution is 0.340. The fraction of sp³-hybridized carbons (Fsp3) is 0.455. The second kappa shape index (κ2) is 6.31. The quantitative estimate of drug-likeness (QED) is 0.737. The van der Waals surface area contributed by atoms with E-state index >= 15 is 0 Å². The van der Waals surface area contributed by atoms with Gasteiger partial charge in [-0.3, -0.25) is 0 Å². The van der Waals surface area contributed by atoms with E-state index in [9.17, 15) is 0 Å². The van der Waals surface area contributed by atoms with E-state index in [1.54, 1.807) is 0 Å². The first-order valence-electron chi connectivity index (χ1n) is 4.75. The molecule has 14 heavy (non-hydrogen) atoms. The lowest BCUT2D eigenvalue weighted by Gasteiger charge is -2.09. The van der Waals surface area contributed by atoms with E-state index in [0.29, 0.717) is 6.61 Å². The summed E-state index contributed by atoms with van der Waals surface area (Å²) in [4.78, 5) is 0. The summed E-state index contributed by atoms with van der Waals surface area (Å²) in [6, 6.07) is 5.94. The van der Waals surface area contributed by atoms with Gasteiger partial charge in [0, 0.05) is 5.33 Å². The highest BCUT2D eigenvalue weighted by atomic mass is 79.9. The van der Waals surface area contributed by atoms with E-state index in [2.05, 4.69) is 15.9 Å². The van der Waals surface area contributed by atoms with Gasteiger partial charge in [0.2, 0.25) is 0 Å². The van der Waals surface area contributed by atoms with Crippen LogP contribution in [0.2, 0.25) is 5.02 Å². The SMILES string of the molecule is CCOc1cccc(CCCBr)c1Cl. The first kappa shape index (κ1) is 11.9. The standard InChI is InChI=1S/C11H14BrClO/c1-2-14-10-7-3-5-9(11(10)13)6-4-8-12/h3,5,7H,2,4,6,8H2,1H3. The Labute approximate surface area is 98.5 Å². The van der Waals surface area contributed by atoms with Crippen molar-refractivity contribution in [2.75, 3.05) is 11.9 Å². The minimum Gasteiger partial charge on any atom is -0.492 e. The molecule has 78 valence electrons. The van der Waals surface area contributed by atoms with Crippen LogP contribution in [0.4, 0.5) is 0 Å². The molecule has 0 unspecified atom stereocenters. The third-order valence-electron chi connectivity index (χ3n) is 1.92. The van der Waals surface area contributed by atoms with E-state index in [1.165, 1.54) is 0 Å². The molecule has 0 saturated heterocycles. The van der Waals surface area contributed by atoms with Crippen LogP contribution < -0.4 is 4.74 Å². The Hall–Kier alpha value is -0.210. The number of hydrogen-bond donors (Lipinski definition) is 0. The van der Waals surface area contributed by atoms with Crippen molar-refractivity contribution in [1.82, 2.24) is 0 Å². The molecular weight excluding hydrogens is 263 g/mol. The summed E-state index contributed by atoms with van der Waals surface area (Å²) in [5.41, 5.74) is 1.16. The number of rotatable bonds is 5. The molecule has 0 atom stereocenters. The zero-order chi connectivity index (χ0) is 10.4. The maximum atomic E-state index is 6.18. The van der Waals surface area contributed by atoms with Crippen molar-refractivity contribution >= 4 is 27.5 Å². The number of halogens is 2. The van der Waals surface area contributed by atoms with Crippen molar-refractivity contribution in [1.29, 1.82) is 0 Å². The van der Waals surface area contributed by atoms with Crippen LogP contribution in [-0.2, 0) is 6.42 Å². The van der Waals surface area contributed by atoms with Gasteiger partial charge in [-0.2, -0.15) is 0 Å². The van der Waals surface area contributed by atoms with Crippen LogP contribution in [0.5, 0.6) is 5.75 Å². The molecule has 0 radical (unpaired) electrons. The van der Waals surface area contributed by atoms with Crippen molar-refractivity contribution in [2.45, 2.75) is 19.8 Å². The summed E-state index contributed by atoms with van der Waals surface area (Å²) in [6.45, 7) is 2.61. The van der Waals surface area contributed by atoms with E-state index in [4.69, 9.17) is 16.3 Å². The maximum Gasteiger partial charge on any atom is 0.138 e. The molecule has 3 heteroatoms. The number of alkyl halides is 1. The predicted octanol–water partition coefficient (Wildman–Crippen LogP) is 4.07. The summed E-state index contributed by atoms with van der Waals surface area (Å²) < 4.78 is 5.41. The predicted molar refractivity (Wildman–Crippen MR) is 64.7 cm³/mol. The Morgan fingerprint density at radius 3 is 2.86 bits per heavy atom. The zero-order valence-corrected chi connectivity index (χ0v) is 10.6. The molecule has 0 heterocycles. The van der Waals surface area contributed by atoms with E-state index < -0.39 is 0 Å². The molecule has 1 nitrogen and oxygen atoms in total. The maximum absolute atomic E-state index is 6.18. The molecule has 1 aromatic rings. The topological polar surface area (TPSA) is 9.23 Å². The van der Waals surface area contributed by atoms with Crippen molar-refractivity contribution in [3.63, 3.8) is 0 Å². The molecule has 0 N–H and O–H groups in total. The van der Waals surface area contributed by atoms with Gasteiger partial charge in [0.1, 0.15) is 5.75 Å². The summed E-state index contributed by atoms with van der Waals surface area (Å²) in [7, 11) is 0. The van der Waals surface area contributed by atoms with Gasteiger partial charge < -0.3 is 4.74 Å². The van der Waals surface area contributed by atoms with Crippen molar-refractivity contribution in [3.05, 3.63) is 28.8 Å². The van der Waals surface area contributed by atoms with Crippen molar-refractivity contribution in [3.8, 4) is 5.75 Å². The number of ether oxygens (including phenoxy) is 1. The Morgan fingerprint density at radius 1 is 1.43 bits per heavy atom. The molecule has 0 aromatic heterocycles. The van der Waals surface area contributed by atoms with Gasteiger partial charge in [-0.1, -0.05) is 39.7 Å². The van der Waals surface area contributed by atoms with Crippen LogP contribution in [0.3, 0.4) is 0 Å². The second-order valence-corrected chi connectivity index (χ2v) is 4.13. The average molecular weight is 278 g/mol. The minimum atomic E-state index is 0.654. The molecule has 0 fully saturated rings. The Bertz CT molecular complexity index is 289. The number of benzene rings is 1. The molecule has 1 rings (SSSR count). The van der Waals surface area contributed by atoms with Crippen LogP contribution in [-0.4, -0.2) is 11.9 Å². The number of hydrogen-bond acceptors (Lipinski definition) is 1. The molecule has 0 bridgehead atoms. The van der Waals surface area contributed by atoms with Gasteiger partial charge >= 0.3 is 0 Å². The summed E-state index contributed by atoms with van der Waals surface area (Å²) in [5.74, 6) is 0.793. The molecule has 0 aliphatic carbocycles. The van der Waals surface area contributed by atoms with Crippen LogP contribution in [0.1, 0.15) is 18.9 Å². The Kier molecular flexibility index (Phi) is 5.34. The van der Waals surface area contributed by atoms with Gasteiger partial charge in [-0.15, -0.1) is 0 Å². The molecular formula is C11H14BrClO. The highest BCUT2D eigenvalue weighted by molar-refractivity contribution is 9.09. The summed E-state index contributed by atoms with van der Waals surface area (Å²) in [6.07, 6.45) is 2.08. The fourth-order valence-corrected chi connectivity index (χ4v) is 1.83. The van der Waals surface area contributed by atoms with Gasteiger partial charge in [0.15, 0.2) is 0 Å². The van der Waals surface area contributed by atoms with Crippen LogP contribution >= 0.6 is 27.5 Å². The minimum absolute atomic E-state index is 0.654. The smallest absolute Gasteiger partial charge is 0.138 e. The Balaban J connectivity index is 2.78. The van der Waals surface area contributed by atoms with Crippen LogP contribution in [0, 0.1) is 0 Å². The van der Waals surface area contributed by atoms with Crippen LogP contribution in [0.25, 0.3) is 0 Å². The van der Waals surface area contributed by atoms with Crippen LogP contribution in [0.15, 0.2) is 18.2 Å². The molecule has 0 spiro atoms. The molecule has 0 aliphatic heterocycles. The van der Waals surface area contributed by atoms with E-state index in [1.807, 2.05) is 25.1 Å². The average Bonchev–Trinajstić information content (AvgIpc) is 2.20. The van der Waals surface area contributed by atoms with Gasteiger partial charge in [-0.05, 0) is 31.4 Å². The summed E-state index contributed by atoms with van der Waals surface area (Å²) in [5, 5.41) is 1.76. The first-order valence-corrected chi connectivity index (χ1v) is 6.25. The van der Waals surface area contributed by atoms with Crippen molar-refractivity contribution in [2.24, 2.45) is 0 Å². The molecule has 0 saturated carbocycles. The van der Waals surface area contributed by atoms with Gasteiger partial charge in [-0.25, -0.2) is 0 Å². The third kappa shape index (κ3) is 3.18. The monoisotopic (exact) mass is 276 g/mol. The second-order valence-electron chi connectivity index (χ2n) is 2.95. The lowest BCUT2D eigenvalue weighted by Crippen LogP contribution is -1.95. The van der Waals surface area contributed by atoms with Crippen molar-refractivity contribution < 1.29 is 4.74 Å². The lowest BCUT2D eigenvalue weighted by atomic mass is 10.1. The highest BCUT2D eigenvalue weighted by Gasteiger charge is 2.05. The van der Waals surface area contributed by atoms with E-state index in [0.717, 1.165) is 34.5 Å². The van der Waals surface area contributed by atoms with E-state index in [-0.39, 0.29) is 0 Å². The zero-order valence-electron chi connectivity index (χ0n) is 8.22.